The number of alkyl carbamates (subject to hydrolysis) is 1. The molecule has 1 fully saturated rings. The first-order valence-electron chi connectivity index (χ1n) is 16.3. The number of carbonyl (C=O) groups excluding carboxylic acids is 2. The molecule has 5 N–H and O–H groups in total. The van der Waals surface area contributed by atoms with Crippen LogP contribution in [0.15, 0.2) is 53.6 Å². The van der Waals surface area contributed by atoms with Crippen molar-refractivity contribution >= 4 is 33.3 Å². The van der Waals surface area contributed by atoms with Gasteiger partial charge in [-0.2, -0.15) is 0 Å². The van der Waals surface area contributed by atoms with Crippen LogP contribution in [0.1, 0.15) is 95.1 Å². The number of sulfone groups is 1. The van der Waals surface area contributed by atoms with Crippen molar-refractivity contribution in [3.63, 3.8) is 0 Å². The second-order valence-corrected chi connectivity index (χ2v) is 16.3. The number of nitrogen functional groups attached to an aromatic ring is 1. The Morgan fingerprint density at radius 1 is 1.08 bits per heavy atom. The monoisotopic (exact) mass is 679 g/mol. The Hall–Kier alpha value is -4.23. The molecule has 3 aliphatic rings. The van der Waals surface area contributed by atoms with Gasteiger partial charge in [0.05, 0.1) is 39.4 Å². The smallest absolute Gasteiger partial charge is 0.407 e. The molecule has 1 spiro atoms. The average molecular weight is 680 g/mol. The lowest BCUT2D eigenvalue weighted by Crippen LogP contribution is -2.36. The van der Waals surface area contributed by atoms with Crippen molar-refractivity contribution in [2.75, 3.05) is 17.7 Å². The van der Waals surface area contributed by atoms with E-state index in [0.717, 1.165) is 19.3 Å². The van der Waals surface area contributed by atoms with Crippen molar-refractivity contribution in [3.8, 4) is 17.0 Å². The number of ether oxygens (including phenoxy) is 2. The summed E-state index contributed by atoms with van der Waals surface area (Å²) >= 11 is 0. The SMILES string of the molecule is CC(C)(C)OC(=O)NCc1cccc2c1OCCCCCC[C@](C)(O)CC1(CC1)S(=O)(=O)c1ccc(cc1)-c1cnc(N)c(n1)C(=O)N2. The number of para-hydroxylation sites is 1. The van der Waals surface area contributed by atoms with Crippen LogP contribution >= 0.6 is 0 Å². The maximum atomic E-state index is 13.7. The summed E-state index contributed by atoms with van der Waals surface area (Å²) in [4.78, 5) is 34.8. The molecule has 258 valence electrons. The molecule has 13 heteroatoms. The van der Waals surface area contributed by atoms with Crippen LogP contribution in [0.5, 0.6) is 5.75 Å². The van der Waals surface area contributed by atoms with Crippen LogP contribution in [0, 0.1) is 0 Å². The fourth-order valence-electron chi connectivity index (χ4n) is 6.01. The van der Waals surface area contributed by atoms with Gasteiger partial charge in [0.2, 0.25) is 0 Å². The van der Waals surface area contributed by atoms with Gasteiger partial charge in [-0.3, -0.25) is 4.79 Å². The number of benzene rings is 2. The van der Waals surface area contributed by atoms with Crippen LogP contribution in [-0.4, -0.2) is 58.0 Å². The van der Waals surface area contributed by atoms with Crippen molar-refractivity contribution in [1.82, 2.24) is 15.3 Å². The molecule has 2 aromatic carbocycles. The summed E-state index contributed by atoms with van der Waals surface area (Å²) in [6.45, 7) is 7.48. The Bertz CT molecular complexity index is 1760. The lowest BCUT2D eigenvalue weighted by molar-refractivity contribution is 0.0362. The van der Waals surface area contributed by atoms with Gasteiger partial charge < -0.3 is 30.9 Å². The second-order valence-electron chi connectivity index (χ2n) is 14.0. The van der Waals surface area contributed by atoms with E-state index in [-0.39, 0.29) is 29.4 Å². The molecule has 12 nitrogen and oxygen atoms in total. The summed E-state index contributed by atoms with van der Waals surface area (Å²) < 4.78 is 38.1. The van der Waals surface area contributed by atoms with Crippen LogP contribution in [0.25, 0.3) is 11.3 Å². The van der Waals surface area contributed by atoms with Crippen LogP contribution < -0.4 is 21.1 Å². The van der Waals surface area contributed by atoms with Crippen molar-refractivity contribution in [1.29, 1.82) is 0 Å². The zero-order valence-electron chi connectivity index (χ0n) is 28.0. The number of hydrogen-bond donors (Lipinski definition) is 4. The minimum Gasteiger partial charge on any atom is -0.491 e. The van der Waals surface area contributed by atoms with Crippen molar-refractivity contribution in [2.24, 2.45) is 0 Å². The maximum Gasteiger partial charge on any atom is 0.407 e. The molecule has 0 radical (unpaired) electrons. The Balaban J connectivity index is 1.46. The van der Waals surface area contributed by atoms with E-state index < -0.39 is 37.8 Å². The van der Waals surface area contributed by atoms with Gasteiger partial charge >= 0.3 is 6.09 Å². The average Bonchev–Trinajstić information content (AvgIpc) is 3.79. The minimum absolute atomic E-state index is 0.0853. The summed E-state index contributed by atoms with van der Waals surface area (Å²) in [5.41, 5.74) is 6.05. The van der Waals surface area contributed by atoms with Crippen LogP contribution in [-0.2, 0) is 21.1 Å². The van der Waals surface area contributed by atoms with Crippen LogP contribution in [0.3, 0.4) is 0 Å². The third-order valence-electron chi connectivity index (χ3n) is 8.58. The van der Waals surface area contributed by atoms with E-state index >= 15 is 0 Å². The molecule has 1 aromatic heterocycles. The van der Waals surface area contributed by atoms with Crippen molar-refractivity contribution in [2.45, 2.75) is 106 Å². The highest BCUT2D eigenvalue weighted by atomic mass is 32.2. The maximum absolute atomic E-state index is 13.7. The number of nitrogens with one attached hydrogen (secondary N) is 2. The first-order valence-corrected chi connectivity index (χ1v) is 17.8. The van der Waals surface area contributed by atoms with E-state index in [1.807, 2.05) is 0 Å². The van der Waals surface area contributed by atoms with Gasteiger partial charge in [0, 0.05) is 17.7 Å². The molecule has 0 unspecified atom stereocenters. The largest absolute Gasteiger partial charge is 0.491 e. The van der Waals surface area contributed by atoms with Gasteiger partial charge in [-0.25, -0.2) is 23.2 Å². The summed E-state index contributed by atoms with van der Waals surface area (Å²) in [7, 11) is -3.70. The van der Waals surface area contributed by atoms with Gasteiger partial charge in [-0.15, -0.1) is 0 Å². The van der Waals surface area contributed by atoms with E-state index in [2.05, 4.69) is 20.6 Å². The standard InChI is InChI=1S/C35H45N5O7S/c1-33(2,3)47-32(42)38-20-24-10-9-11-26-29(24)46-19-8-6-5-7-16-34(4,43)22-35(17-18-35)48(44,45)25-14-12-23(13-15-25)27-21-37-30(36)28(39-27)31(41)40-26/h9-15,21,43H,5-8,16-20,22H2,1-4H3,(H2,36,37)(H,38,42)(H,40,41)/t34-/m0/s1. The van der Waals surface area contributed by atoms with Gasteiger partial charge in [0.1, 0.15) is 11.4 Å². The fourth-order valence-corrected chi connectivity index (χ4v) is 8.15. The number of nitrogens with zero attached hydrogens (tertiary/aromatic N) is 2. The zero-order chi connectivity index (χ0) is 34.7. The molecule has 0 saturated heterocycles. The number of hydrogen-bond acceptors (Lipinski definition) is 10. The number of aromatic nitrogens is 2. The van der Waals surface area contributed by atoms with Gasteiger partial charge in [0.25, 0.3) is 5.91 Å². The Morgan fingerprint density at radius 2 is 1.79 bits per heavy atom. The number of fused-ring (bicyclic) bond motifs is 11. The third kappa shape index (κ3) is 8.24. The predicted octanol–water partition coefficient (Wildman–Crippen LogP) is 5.79. The number of amides is 2. The molecule has 1 aliphatic carbocycles. The van der Waals surface area contributed by atoms with Crippen molar-refractivity contribution < 1.29 is 32.6 Å². The lowest BCUT2D eigenvalue weighted by atomic mass is 9.92. The molecular formula is C35H45N5O7S. The molecule has 3 heterocycles. The molecule has 3 aromatic rings. The molecule has 2 aliphatic heterocycles. The third-order valence-corrected chi connectivity index (χ3v) is 11.2. The molecule has 48 heavy (non-hydrogen) atoms. The number of nitrogens with two attached hydrogens (primary N) is 1. The minimum atomic E-state index is -3.70. The van der Waals surface area contributed by atoms with Crippen LogP contribution in [0.4, 0.5) is 16.3 Å². The van der Waals surface area contributed by atoms with Gasteiger partial charge in [0.15, 0.2) is 21.3 Å². The molecule has 2 amide bonds. The number of carbonyl (C=O) groups is 2. The summed E-state index contributed by atoms with van der Waals surface area (Å²) in [5.74, 6) is -0.313. The predicted molar refractivity (Wildman–Crippen MR) is 182 cm³/mol. The molecule has 4 bridgehead atoms. The second kappa shape index (κ2) is 13.7. The Labute approximate surface area is 281 Å². The highest BCUT2D eigenvalue weighted by Crippen LogP contribution is 2.52. The summed E-state index contributed by atoms with van der Waals surface area (Å²) in [5, 5.41) is 16.8. The van der Waals surface area contributed by atoms with Gasteiger partial charge in [-0.1, -0.05) is 43.5 Å². The summed E-state index contributed by atoms with van der Waals surface area (Å²) in [6, 6.07) is 11.5. The normalized spacial score (nSPS) is 21.1. The first-order chi connectivity index (χ1) is 22.6. The first kappa shape index (κ1) is 35.1. The molecule has 1 atom stereocenters. The summed E-state index contributed by atoms with van der Waals surface area (Å²) in [6.07, 6.45) is 5.55. The van der Waals surface area contributed by atoms with E-state index in [4.69, 9.17) is 15.2 Å². The van der Waals surface area contributed by atoms with E-state index in [1.54, 1.807) is 58.0 Å². The van der Waals surface area contributed by atoms with Crippen molar-refractivity contribution in [3.05, 3.63) is 59.9 Å². The molecule has 6 rings (SSSR count). The van der Waals surface area contributed by atoms with E-state index in [9.17, 15) is 23.1 Å². The Kier molecular flexibility index (Phi) is 10.0. The topological polar surface area (TPSA) is 183 Å². The molecular weight excluding hydrogens is 634 g/mol. The number of rotatable bonds is 2. The highest BCUT2D eigenvalue weighted by molar-refractivity contribution is 7.93. The van der Waals surface area contributed by atoms with Gasteiger partial charge in [-0.05, 0) is 78.0 Å². The Morgan fingerprint density at radius 3 is 2.48 bits per heavy atom. The quantitative estimate of drug-likeness (QED) is 0.259. The van der Waals surface area contributed by atoms with E-state index in [0.29, 0.717) is 60.5 Å². The highest BCUT2D eigenvalue weighted by Gasteiger charge is 2.57. The number of anilines is 2. The number of aliphatic hydroxyl groups is 1. The van der Waals surface area contributed by atoms with E-state index in [1.165, 1.54) is 18.3 Å². The molecule has 1 saturated carbocycles. The lowest BCUT2D eigenvalue weighted by Gasteiger charge is -2.29. The fraction of sp³-hybridized carbons (Fsp3) is 0.486. The zero-order valence-corrected chi connectivity index (χ0v) is 28.8. The van der Waals surface area contributed by atoms with Crippen LogP contribution in [0.2, 0.25) is 0 Å².